The first-order valence-corrected chi connectivity index (χ1v) is 9.63. The van der Waals surface area contributed by atoms with Crippen LogP contribution in [-0.4, -0.2) is 26.7 Å². The summed E-state index contributed by atoms with van der Waals surface area (Å²) >= 11 is 0. The fourth-order valence-electron chi connectivity index (χ4n) is 2.14. The number of hydrogen-bond donors (Lipinski definition) is 0. The van der Waals surface area contributed by atoms with Crippen LogP contribution in [0.2, 0.25) is 0 Å². The van der Waals surface area contributed by atoms with E-state index in [1.807, 2.05) is 26.0 Å². The lowest BCUT2D eigenvalue weighted by Crippen LogP contribution is -2.20. The van der Waals surface area contributed by atoms with Crippen LogP contribution in [0.15, 0.2) is 58.6 Å². The second kappa shape index (κ2) is 8.62. The first kappa shape index (κ1) is 19.7. The highest BCUT2D eigenvalue weighted by Crippen LogP contribution is 2.15. The van der Waals surface area contributed by atoms with Crippen molar-refractivity contribution in [3.05, 3.63) is 65.2 Å². The number of aryl methyl sites for hydroxylation is 2. The van der Waals surface area contributed by atoms with E-state index in [2.05, 4.69) is 5.16 Å². The quantitative estimate of drug-likeness (QED) is 0.422. The first-order valence-electron chi connectivity index (χ1n) is 8.22. The molecule has 0 spiro atoms. The zero-order valence-electron chi connectivity index (χ0n) is 14.9. The van der Waals surface area contributed by atoms with Crippen molar-refractivity contribution in [1.29, 1.82) is 0 Å². The Morgan fingerprint density at radius 3 is 2.15 bits per heavy atom. The van der Waals surface area contributed by atoms with E-state index in [0.29, 0.717) is 5.56 Å². The Morgan fingerprint density at radius 2 is 1.62 bits per heavy atom. The molecule has 0 saturated heterocycles. The Kier molecular flexibility index (Phi) is 6.52. The summed E-state index contributed by atoms with van der Waals surface area (Å²) in [5.41, 5.74) is 2.20. The number of rotatable bonds is 7. The van der Waals surface area contributed by atoms with E-state index >= 15 is 0 Å². The molecule has 0 fully saturated rings. The van der Waals surface area contributed by atoms with Gasteiger partial charge in [-0.1, -0.05) is 54.0 Å². The summed E-state index contributed by atoms with van der Waals surface area (Å²) in [4.78, 5) is 12.1. The molecule has 0 aliphatic carbocycles. The Labute approximate surface area is 153 Å². The van der Waals surface area contributed by atoms with Gasteiger partial charge in [-0.3, -0.25) is 4.28 Å². The Balaban J connectivity index is 2.34. The van der Waals surface area contributed by atoms with E-state index in [0.717, 1.165) is 17.5 Å². The third kappa shape index (κ3) is 4.92. The Bertz CT molecular complexity index is 885. The molecule has 2 rings (SSSR count). The molecule has 0 aliphatic rings. The number of carbonyl (C=O) groups excluding carboxylic acids is 1. The minimum Gasteiger partial charge on any atom is -0.461 e. The number of esters is 1. The molecule has 2 aromatic rings. The second-order valence-corrected chi connectivity index (χ2v) is 7.08. The number of nitrogens with zero attached hydrogens (tertiary/aromatic N) is 1. The molecule has 0 aromatic heterocycles. The number of carbonyl (C=O) groups is 1. The Morgan fingerprint density at radius 1 is 1.00 bits per heavy atom. The zero-order valence-corrected chi connectivity index (χ0v) is 15.7. The SMILES string of the molecule is CCOC(=O)/C(=N/OS(=O)(=O)c1ccc(C)cc1)c1ccc(CC)cc1. The normalized spacial score (nSPS) is 11.9. The third-order valence-corrected chi connectivity index (χ3v) is 4.76. The molecular formula is C19H21NO5S. The maximum atomic E-state index is 12.3. The smallest absolute Gasteiger partial charge is 0.361 e. The molecule has 7 heteroatoms. The van der Waals surface area contributed by atoms with Crippen molar-refractivity contribution in [2.75, 3.05) is 6.61 Å². The molecule has 0 bridgehead atoms. The molecule has 26 heavy (non-hydrogen) atoms. The molecule has 0 heterocycles. The van der Waals surface area contributed by atoms with Gasteiger partial charge in [-0.25, -0.2) is 4.79 Å². The fourth-order valence-corrected chi connectivity index (χ4v) is 2.87. The maximum absolute atomic E-state index is 12.3. The van der Waals surface area contributed by atoms with Gasteiger partial charge in [0.2, 0.25) is 0 Å². The summed E-state index contributed by atoms with van der Waals surface area (Å²) in [6.07, 6.45) is 0.838. The molecule has 0 radical (unpaired) electrons. The molecule has 0 atom stereocenters. The molecule has 0 saturated carbocycles. The van der Waals surface area contributed by atoms with Crippen LogP contribution >= 0.6 is 0 Å². The molecular weight excluding hydrogens is 354 g/mol. The highest BCUT2D eigenvalue weighted by Gasteiger charge is 2.21. The number of benzene rings is 2. The van der Waals surface area contributed by atoms with Gasteiger partial charge in [0, 0.05) is 5.56 Å². The topological polar surface area (TPSA) is 82.0 Å². The van der Waals surface area contributed by atoms with E-state index in [4.69, 9.17) is 9.02 Å². The van der Waals surface area contributed by atoms with Gasteiger partial charge >= 0.3 is 16.1 Å². The van der Waals surface area contributed by atoms with Gasteiger partial charge in [0.25, 0.3) is 0 Å². The third-order valence-electron chi connectivity index (χ3n) is 3.64. The van der Waals surface area contributed by atoms with E-state index in [9.17, 15) is 13.2 Å². The molecule has 6 nitrogen and oxygen atoms in total. The molecule has 138 valence electrons. The maximum Gasteiger partial charge on any atom is 0.361 e. The predicted octanol–water partition coefficient (Wildman–Crippen LogP) is 3.23. The van der Waals surface area contributed by atoms with Gasteiger partial charge in [0.05, 0.1) is 6.61 Å². The van der Waals surface area contributed by atoms with Crippen LogP contribution in [0.4, 0.5) is 0 Å². The van der Waals surface area contributed by atoms with Gasteiger partial charge in [-0.15, -0.1) is 0 Å². The number of oxime groups is 1. The van der Waals surface area contributed by atoms with Crippen molar-refractivity contribution in [2.24, 2.45) is 5.16 Å². The van der Waals surface area contributed by atoms with Crippen LogP contribution in [0.3, 0.4) is 0 Å². The van der Waals surface area contributed by atoms with Crippen LogP contribution in [0.1, 0.15) is 30.5 Å². The van der Waals surface area contributed by atoms with E-state index in [1.54, 1.807) is 31.2 Å². The second-order valence-electron chi connectivity index (χ2n) is 5.55. The highest BCUT2D eigenvalue weighted by atomic mass is 32.2. The standard InChI is InChI=1S/C19H21NO5S/c1-4-15-8-10-16(11-9-15)18(19(21)24-5-2)20-25-26(22,23)17-12-6-14(3)7-13-17/h6-13H,4-5H2,1-3H3/b20-18+. The average molecular weight is 375 g/mol. The monoisotopic (exact) mass is 375 g/mol. The molecule has 0 aliphatic heterocycles. The van der Waals surface area contributed by atoms with Crippen molar-refractivity contribution in [2.45, 2.75) is 32.1 Å². The van der Waals surface area contributed by atoms with Crippen LogP contribution in [0, 0.1) is 6.92 Å². The van der Waals surface area contributed by atoms with Crippen LogP contribution in [-0.2, 0) is 30.4 Å². The minimum atomic E-state index is -4.14. The van der Waals surface area contributed by atoms with Crippen molar-refractivity contribution in [3.63, 3.8) is 0 Å². The number of ether oxygens (including phenoxy) is 1. The lowest BCUT2D eigenvalue weighted by atomic mass is 10.1. The molecule has 2 aromatic carbocycles. The average Bonchev–Trinajstić information content (AvgIpc) is 2.63. The molecule has 0 unspecified atom stereocenters. The highest BCUT2D eigenvalue weighted by molar-refractivity contribution is 7.86. The lowest BCUT2D eigenvalue weighted by Gasteiger charge is -2.07. The van der Waals surface area contributed by atoms with Crippen LogP contribution < -0.4 is 0 Å². The summed E-state index contributed by atoms with van der Waals surface area (Å²) in [7, 11) is -4.14. The van der Waals surface area contributed by atoms with E-state index in [-0.39, 0.29) is 17.2 Å². The van der Waals surface area contributed by atoms with Crippen molar-refractivity contribution in [3.8, 4) is 0 Å². The summed E-state index contributed by atoms with van der Waals surface area (Å²) in [6.45, 7) is 5.63. The van der Waals surface area contributed by atoms with Gasteiger partial charge in [0.15, 0.2) is 5.71 Å². The molecule has 0 amide bonds. The van der Waals surface area contributed by atoms with Crippen molar-refractivity contribution >= 4 is 21.8 Å². The van der Waals surface area contributed by atoms with Gasteiger partial charge in [-0.2, -0.15) is 8.42 Å². The largest absolute Gasteiger partial charge is 0.461 e. The first-order chi connectivity index (χ1) is 12.4. The summed E-state index contributed by atoms with van der Waals surface area (Å²) in [5, 5.41) is 3.59. The zero-order chi connectivity index (χ0) is 19.2. The van der Waals surface area contributed by atoms with Crippen LogP contribution in [0.25, 0.3) is 0 Å². The van der Waals surface area contributed by atoms with Crippen molar-refractivity contribution < 1.29 is 22.2 Å². The van der Waals surface area contributed by atoms with E-state index < -0.39 is 16.1 Å². The Hall–Kier alpha value is -2.67. The van der Waals surface area contributed by atoms with Crippen molar-refractivity contribution in [1.82, 2.24) is 0 Å². The predicted molar refractivity (Wildman–Crippen MR) is 98.4 cm³/mol. The minimum absolute atomic E-state index is 0.0450. The van der Waals surface area contributed by atoms with Gasteiger partial charge in [-0.05, 0) is 38.0 Å². The van der Waals surface area contributed by atoms with Gasteiger partial charge < -0.3 is 4.74 Å². The van der Waals surface area contributed by atoms with Crippen LogP contribution in [0.5, 0.6) is 0 Å². The van der Waals surface area contributed by atoms with E-state index in [1.165, 1.54) is 12.1 Å². The fraction of sp³-hybridized carbons (Fsp3) is 0.263. The van der Waals surface area contributed by atoms with Gasteiger partial charge in [0.1, 0.15) is 4.90 Å². The lowest BCUT2D eigenvalue weighted by molar-refractivity contribution is -0.135. The summed E-state index contributed by atoms with van der Waals surface area (Å²) < 4.78 is 34.3. The summed E-state index contributed by atoms with van der Waals surface area (Å²) in [6, 6.07) is 13.1. The molecule has 0 N–H and O–H groups in total. The number of hydrogen-bond acceptors (Lipinski definition) is 6. The summed E-state index contributed by atoms with van der Waals surface area (Å²) in [5.74, 6) is -0.754.